The van der Waals surface area contributed by atoms with Gasteiger partial charge < -0.3 is 5.11 Å². The number of nitrogens with zero attached hydrogens (tertiary/aromatic N) is 3. The standard InChI is InChI=1S/C12H20N4O3/c1-8(2)10(6-17)19-15-12(18)9-4-3-5-16-11(9)13-7-14-16/h7-10,17H,3-6H2,1-2H3,(H,15,18). The molecule has 2 unspecified atom stereocenters. The van der Waals surface area contributed by atoms with Crippen LogP contribution >= 0.6 is 0 Å². The molecule has 7 heteroatoms. The van der Waals surface area contributed by atoms with Crippen LogP contribution in [-0.2, 0) is 16.2 Å². The maximum absolute atomic E-state index is 12.1. The van der Waals surface area contributed by atoms with E-state index in [1.807, 2.05) is 13.8 Å². The number of rotatable bonds is 5. The van der Waals surface area contributed by atoms with Gasteiger partial charge in [-0.2, -0.15) is 5.10 Å². The predicted molar refractivity (Wildman–Crippen MR) is 66.9 cm³/mol. The zero-order valence-corrected chi connectivity index (χ0v) is 11.2. The summed E-state index contributed by atoms with van der Waals surface area (Å²) in [6, 6.07) is 0. The highest BCUT2D eigenvalue weighted by Crippen LogP contribution is 2.24. The van der Waals surface area contributed by atoms with E-state index in [0.29, 0.717) is 5.82 Å². The first-order chi connectivity index (χ1) is 9.13. The van der Waals surface area contributed by atoms with E-state index in [0.717, 1.165) is 19.4 Å². The number of aliphatic hydroxyl groups excluding tert-OH is 1. The Hall–Kier alpha value is -1.47. The van der Waals surface area contributed by atoms with Crippen molar-refractivity contribution < 1.29 is 14.7 Å². The van der Waals surface area contributed by atoms with Crippen LogP contribution < -0.4 is 5.48 Å². The Morgan fingerprint density at radius 1 is 1.68 bits per heavy atom. The summed E-state index contributed by atoms with van der Waals surface area (Å²) in [5.41, 5.74) is 2.44. The summed E-state index contributed by atoms with van der Waals surface area (Å²) in [6.45, 7) is 4.51. The number of aryl methyl sites for hydroxylation is 1. The van der Waals surface area contributed by atoms with Crippen LogP contribution in [0.3, 0.4) is 0 Å². The molecule has 0 aromatic carbocycles. The number of carbonyl (C=O) groups is 1. The normalized spacial score (nSPS) is 20.1. The van der Waals surface area contributed by atoms with Gasteiger partial charge in [0.1, 0.15) is 18.3 Å². The minimum atomic E-state index is -0.398. The van der Waals surface area contributed by atoms with Crippen molar-refractivity contribution in [2.24, 2.45) is 5.92 Å². The van der Waals surface area contributed by atoms with Crippen LogP contribution in [0, 0.1) is 5.92 Å². The number of carbonyl (C=O) groups excluding carboxylic acids is 1. The summed E-state index contributed by atoms with van der Waals surface area (Å²) < 4.78 is 1.75. The van der Waals surface area contributed by atoms with Crippen molar-refractivity contribution in [2.45, 2.75) is 45.3 Å². The molecule has 1 amide bonds. The van der Waals surface area contributed by atoms with E-state index < -0.39 is 6.10 Å². The average Bonchev–Trinajstić information content (AvgIpc) is 2.86. The Bertz CT molecular complexity index is 432. The van der Waals surface area contributed by atoms with E-state index in [-0.39, 0.29) is 24.3 Å². The summed E-state index contributed by atoms with van der Waals surface area (Å²) in [6.07, 6.45) is 2.69. The van der Waals surface area contributed by atoms with Crippen molar-refractivity contribution in [3.8, 4) is 0 Å². The molecule has 1 aliphatic rings. The van der Waals surface area contributed by atoms with Crippen LogP contribution in [0.15, 0.2) is 6.33 Å². The van der Waals surface area contributed by atoms with E-state index in [2.05, 4.69) is 15.6 Å². The highest BCUT2D eigenvalue weighted by molar-refractivity contribution is 5.81. The Labute approximate surface area is 111 Å². The number of aliphatic hydroxyl groups is 1. The molecule has 7 nitrogen and oxygen atoms in total. The number of hydrogen-bond acceptors (Lipinski definition) is 5. The molecule has 0 aliphatic carbocycles. The van der Waals surface area contributed by atoms with E-state index in [1.54, 1.807) is 4.68 Å². The van der Waals surface area contributed by atoms with Crippen molar-refractivity contribution >= 4 is 5.91 Å². The first-order valence-electron chi connectivity index (χ1n) is 6.57. The molecule has 1 aliphatic heterocycles. The molecule has 0 spiro atoms. The second-order valence-corrected chi connectivity index (χ2v) is 5.09. The molecule has 106 valence electrons. The maximum Gasteiger partial charge on any atom is 0.254 e. The van der Waals surface area contributed by atoms with Crippen LogP contribution in [0.4, 0.5) is 0 Å². The summed E-state index contributed by atoms with van der Waals surface area (Å²) in [5, 5.41) is 13.2. The van der Waals surface area contributed by atoms with Gasteiger partial charge in [0.15, 0.2) is 0 Å². The van der Waals surface area contributed by atoms with Crippen LogP contribution in [-0.4, -0.2) is 38.5 Å². The molecule has 0 radical (unpaired) electrons. The number of fused-ring (bicyclic) bond motifs is 1. The van der Waals surface area contributed by atoms with E-state index in [4.69, 9.17) is 9.94 Å². The smallest absolute Gasteiger partial charge is 0.254 e. The monoisotopic (exact) mass is 268 g/mol. The Morgan fingerprint density at radius 2 is 2.47 bits per heavy atom. The molecule has 2 heterocycles. The molecule has 1 aromatic rings. The fourth-order valence-corrected chi connectivity index (χ4v) is 2.13. The van der Waals surface area contributed by atoms with Crippen LogP contribution in [0.2, 0.25) is 0 Å². The second kappa shape index (κ2) is 6.12. The highest BCUT2D eigenvalue weighted by atomic mass is 16.7. The van der Waals surface area contributed by atoms with Crippen LogP contribution in [0.5, 0.6) is 0 Å². The summed E-state index contributed by atoms with van der Waals surface area (Å²) in [5.74, 6) is 0.244. The molecule has 0 saturated carbocycles. The number of nitrogens with one attached hydrogen (secondary N) is 1. The van der Waals surface area contributed by atoms with Crippen molar-refractivity contribution in [3.05, 3.63) is 12.2 Å². The SMILES string of the molecule is CC(C)C(CO)ONC(=O)C1CCCn2ncnc21. The molecule has 1 aromatic heterocycles. The van der Waals surface area contributed by atoms with Gasteiger partial charge in [0.25, 0.3) is 5.91 Å². The lowest BCUT2D eigenvalue weighted by Gasteiger charge is -2.23. The summed E-state index contributed by atoms with van der Waals surface area (Å²) >= 11 is 0. The first kappa shape index (κ1) is 14.0. The molecule has 2 N–H and O–H groups in total. The number of hydroxylamine groups is 1. The van der Waals surface area contributed by atoms with Gasteiger partial charge in [0.05, 0.1) is 12.5 Å². The molecule has 0 saturated heterocycles. The van der Waals surface area contributed by atoms with Gasteiger partial charge in [-0.1, -0.05) is 13.8 Å². The lowest BCUT2D eigenvalue weighted by molar-refractivity contribution is -0.145. The van der Waals surface area contributed by atoms with Crippen molar-refractivity contribution in [2.75, 3.05) is 6.61 Å². The summed E-state index contributed by atoms with van der Waals surface area (Å²) in [4.78, 5) is 21.5. The van der Waals surface area contributed by atoms with Gasteiger partial charge in [0, 0.05) is 6.54 Å². The molecular weight excluding hydrogens is 248 g/mol. The van der Waals surface area contributed by atoms with Crippen molar-refractivity contribution in [1.29, 1.82) is 0 Å². The van der Waals surface area contributed by atoms with E-state index in [1.165, 1.54) is 6.33 Å². The fraction of sp³-hybridized carbons (Fsp3) is 0.750. The quantitative estimate of drug-likeness (QED) is 0.746. The van der Waals surface area contributed by atoms with Crippen LogP contribution in [0.25, 0.3) is 0 Å². The second-order valence-electron chi connectivity index (χ2n) is 5.09. The van der Waals surface area contributed by atoms with Crippen LogP contribution in [0.1, 0.15) is 38.4 Å². The maximum atomic E-state index is 12.1. The minimum absolute atomic E-state index is 0.125. The van der Waals surface area contributed by atoms with Gasteiger partial charge in [0.2, 0.25) is 0 Å². The Balaban J connectivity index is 1.95. The van der Waals surface area contributed by atoms with Gasteiger partial charge >= 0.3 is 0 Å². The number of hydrogen-bond donors (Lipinski definition) is 2. The van der Waals surface area contributed by atoms with Crippen molar-refractivity contribution in [3.63, 3.8) is 0 Å². The zero-order chi connectivity index (χ0) is 13.8. The average molecular weight is 268 g/mol. The molecular formula is C12H20N4O3. The predicted octanol–water partition coefficient (Wildman–Crippen LogP) is 0.220. The lowest BCUT2D eigenvalue weighted by Crippen LogP contribution is -2.38. The minimum Gasteiger partial charge on any atom is -0.394 e. The third-order valence-electron chi connectivity index (χ3n) is 3.37. The fourth-order valence-electron chi connectivity index (χ4n) is 2.13. The highest BCUT2D eigenvalue weighted by Gasteiger charge is 2.29. The molecule has 2 rings (SSSR count). The van der Waals surface area contributed by atoms with Gasteiger partial charge in [-0.3, -0.25) is 9.63 Å². The summed E-state index contributed by atoms with van der Waals surface area (Å²) in [7, 11) is 0. The molecule has 19 heavy (non-hydrogen) atoms. The van der Waals surface area contributed by atoms with E-state index >= 15 is 0 Å². The number of aromatic nitrogens is 3. The zero-order valence-electron chi connectivity index (χ0n) is 11.2. The number of amides is 1. The molecule has 2 atom stereocenters. The Kier molecular flexibility index (Phi) is 4.49. The Morgan fingerprint density at radius 3 is 3.16 bits per heavy atom. The first-order valence-corrected chi connectivity index (χ1v) is 6.57. The lowest BCUT2D eigenvalue weighted by atomic mass is 9.99. The topological polar surface area (TPSA) is 89.3 Å². The van der Waals surface area contributed by atoms with Gasteiger partial charge in [-0.25, -0.2) is 15.1 Å². The van der Waals surface area contributed by atoms with Gasteiger partial charge in [-0.15, -0.1) is 0 Å². The molecule has 0 bridgehead atoms. The van der Waals surface area contributed by atoms with Gasteiger partial charge in [-0.05, 0) is 18.8 Å². The molecule has 0 fully saturated rings. The largest absolute Gasteiger partial charge is 0.394 e. The third-order valence-corrected chi connectivity index (χ3v) is 3.37. The third kappa shape index (κ3) is 3.10. The van der Waals surface area contributed by atoms with E-state index in [9.17, 15) is 4.79 Å². The van der Waals surface area contributed by atoms with Crippen molar-refractivity contribution in [1.82, 2.24) is 20.2 Å².